The third kappa shape index (κ3) is 11.5. The van der Waals surface area contributed by atoms with Crippen molar-refractivity contribution in [2.45, 2.75) is 90.9 Å². The smallest absolute Gasteiger partial charge is 0.309 e. The number of esters is 4. The van der Waals surface area contributed by atoms with Gasteiger partial charge in [-0.1, -0.05) is 13.8 Å². The van der Waals surface area contributed by atoms with Crippen LogP contribution in [0.1, 0.15) is 89.4 Å². The molecule has 0 N–H and O–H groups in total. The highest BCUT2D eigenvalue weighted by atomic mass is 16.5. The molecular formula is C36H54N4O8. The quantitative estimate of drug-likeness (QED) is 0.0922. The Morgan fingerprint density at radius 1 is 0.667 bits per heavy atom. The lowest BCUT2D eigenvalue weighted by atomic mass is 9.87. The van der Waals surface area contributed by atoms with Crippen LogP contribution in [0.3, 0.4) is 0 Å². The predicted molar refractivity (Wildman–Crippen MR) is 176 cm³/mol. The molecule has 0 bridgehead atoms. The van der Waals surface area contributed by atoms with Crippen LogP contribution in [0.2, 0.25) is 0 Å². The second-order valence-corrected chi connectivity index (χ2v) is 13.5. The zero-order valence-electron chi connectivity index (χ0n) is 29.1. The zero-order chi connectivity index (χ0) is 34.5. The van der Waals surface area contributed by atoms with Gasteiger partial charge in [0.1, 0.15) is 0 Å². The summed E-state index contributed by atoms with van der Waals surface area (Å²) in [6.45, 7) is 4.89. The van der Waals surface area contributed by atoms with E-state index >= 15 is 0 Å². The lowest BCUT2D eigenvalue weighted by molar-refractivity contribution is -0.156. The number of rotatable bonds is 23. The molecule has 12 nitrogen and oxygen atoms in total. The number of nitrogens with zero attached hydrogens (tertiary/aromatic N) is 4. The third-order valence-electron chi connectivity index (χ3n) is 9.63. The Morgan fingerprint density at radius 3 is 1.38 bits per heavy atom. The van der Waals surface area contributed by atoms with Crippen molar-refractivity contribution < 1.29 is 38.1 Å². The van der Waals surface area contributed by atoms with Crippen LogP contribution in [0.5, 0.6) is 0 Å². The van der Waals surface area contributed by atoms with Crippen molar-refractivity contribution in [1.82, 2.24) is 19.1 Å². The Balaban J connectivity index is 1.16. The number of hydrogen-bond acceptors (Lipinski definition) is 10. The molecule has 2 fully saturated rings. The van der Waals surface area contributed by atoms with Crippen LogP contribution >= 0.6 is 0 Å². The van der Waals surface area contributed by atoms with Crippen LogP contribution in [-0.4, -0.2) is 69.4 Å². The fraction of sp³-hybridized carbons (Fsp3) is 0.722. The van der Waals surface area contributed by atoms with Crippen molar-refractivity contribution >= 4 is 23.9 Å². The van der Waals surface area contributed by atoms with Crippen LogP contribution in [0, 0.1) is 35.5 Å². The molecule has 4 unspecified atom stereocenters. The first-order valence-corrected chi connectivity index (χ1v) is 17.8. The van der Waals surface area contributed by atoms with Crippen LogP contribution in [0.4, 0.5) is 0 Å². The highest BCUT2D eigenvalue weighted by Gasteiger charge is 2.36. The SMILES string of the molecule is CCC(C(=O)OCCCCCCOC(=O)C(CC)C(COC(=O)C1CC1)Cc1cncn1C)C(COC(=O)C1CC1)Cc1cncn1C. The van der Waals surface area contributed by atoms with Gasteiger partial charge in [-0.25, -0.2) is 9.97 Å². The van der Waals surface area contributed by atoms with Gasteiger partial charge in [-0.2, -0.15) is 0 Å². The molecule has 4 atom stereocenters. The summed E-state index contributed by atoms with van der Waals surface area (Å²) < 4.78 is 26.4. The van der Waals surface area contributed by atoms with Crippen molar-refractivity contribution in [2.24, 2.45) is 49.6 Å². The van der Waals surface area contributed by atoms with E-state index in [0.29, 0.717) is 51.7 Å². The van der Waals surface area contributed by atoms with Gasteiger partial charge in [-0.15, -0.1) is 0 Å². The molecule has 0 amide bonds. The molecule has 0 aromatic carbocycles. The monoisotopic (exact) mass is 670 g/mol. The lowest BCUT2D eigenvalue weighted by Crippen LogP contribution is -2.32. The maximum Gasteiger partial charge on any atom is 0.309 e. The summed E-state index contributed by atoms with van der Waals surface area (Å²) in [6, 6.07) is 0. The number of carbonyl (C=O) groups excluding carboxylic acids is 4. The minimum atomic E-state index is -0.392. The number of unbranched alkanes of at least 4 members (excludes halogenated alkanes) is 3. The average Bonchev–Trinajstić information content (AvgIpc) is 4.01. The molecule has 2 aromatic rings. The van der Waals surface area contributed by atoms with Crippen LogP contribution in [0.25, 0.3) is 0 Å². The normalized spacial score (nSPS) is 16.8. The summed E-state index contributed by atoms with van der Waals surface area (Å²) in [5.74, 6) is -2.07. The fourth-order valence-electron chi connectivity index (χ4n) is 6.09. The van der Waals surface area contributed by atoms with Gasteiger partial charge in [0.25, 0.3) is 0 Å². The molecule has 2 saturated carbocycles. The maximum atomic E-state index is 13.1. The molecule has 0 spiro atoms. The predicted octanol–water partition coefficient (Wildman–Crippen LogP) is 4.78. The van der Waals surface area contributed by atoms with Crippen molar-refractivity contribution in [3.63, 3.8) is 0 Å². The largest absolute Gasteiger partial charge is 0.465 e. The van der Waals surface area contributed by atoms with E-state index in [9.17, 15) is 19.2 Å². The molecule has 2 aliphatic carbocycles. The van der Waals surface area contributed by atoms with Gasteiger partial charge in [0.2, 0.25) is 0 Å². The summed E-state index contributed by atoms with van der Waals surface area (Å²) in [4.78, 5) is 59.1. The Hall–Kier alpha value is -3.70. The Morgan fingerprint density at radius 2 is 1.06 bits per heavy atom. The van der Waals surface area contributed by atoms with E-state index < -0.39 is 11.8 Å². The van der Waals surface area contributed by atoms with Gasteiger partial charge in [0.05, 0.1) is 62.8 Å². The Labute approximate surface area is 284 Å². The van der Waals surface area contributed by atoms with Crippen molar-refractivity contribution in [2.75, 3.05) is 26.4 Å². The molecule has 4 rings (SSSR count). The first kappa shape index (κ1) is 37.1. The number of carbonyl (C=O) groups is 4. The van der Waals surface area contributed by atoms with Gasteiger partial charge >= 0.3 is 23.9 Å². The fourth-order valence-corrected chi connectivity index (χ4v) is 6.09. The van der Waals surface area contributed by atoms with E-state index in [2.05, 4.69) is 9.97 Å². The molecular weight excluding hydrogens is 616 g/mol. The van der Waals surface area contributed by atoms with Crippen LogP contribution in [0.15, 0.2) is 25.0 Å². The molecule has 0 saturated heterocycles. The molecule has 2 aliphatic rings. The third-order valence-corrected chi connectivity index (χ3v) is 9.63. The van der Waals surface area contributed by atoms with Crippen molar-refractivity contribution in [3.05, 3.63) is 36.4 Å². The van der Waals surface area contributed by atoms with E-state index in [1.165, 1.54) is 0 Å². The first-order chi connectivity index (χ1) is 23.2. The summed E-state index contributed by atoms with van der Waals surface area (Å²) in [5, 5.41) is 0. The highest BCUT2D eigenvalue weighted by molar-refractivity contribution is 5.76. The van der Waals surface area contributed by atoms with Crippen molar-refractivity contribution in [3.8, 4) is 0 Å². The topological polar surface area (TPSA) is 141 Å². The summed E-state index contributed by atoms with van der Waals surface area (Å²) in [7, 11) is 3.82. The number of aromatic nitrogens is 4. The minimum absolute atomic E-state index is 0.00307. The second-order valence-electron chi connectivity index (χ2n) is 13.5. The number of hydrogen-bond donors (Lipinski definition) is 0. The molecule has 2 heterocycles. The first-order valence-electron chi connectivity index (χ1n) is 17.8. The average molecular weight is 671 g/mol. The van der Waals surface area contributed by atoms with Gasteiger partial charge in [-0.05, 0) is 77.0 Å². The molecule has 0 aliphatic heterocycles. The van der Waals surface area contributed by atoms with Crippen LogP contribution < -0.4 is 0 Å². The standard InChI is InChI=1S/C36H54N4O8/c1-5-31(27(17-29-19-37-23-39(29)3)21-47-33(41)25-11-12-25)35(43)45-15-9-7-8-10-16-46-36(44)32(6-2)28(18-30-20-38-24-40(30)4)22-48-34(42)26-13-14-26/h19-20,23-28,31-32H,5-18,21-22H2,1-4H3. The molecule has 266 valence electrons. The number of imidazole rings is 2. The molecule has 48 heavy (non-hydrogen) atoms. The summed E-state index contributed by atoms with van der Waals surface area (Å²) >= 11 is 0. The van der Waals surface area contributed by atoms with Gasteiger partial charge in [-0.3, -0.25) is 19.2 Å². The maximum absolute atomic E-state index is 13.1. The number of ether oxygens (including phenoxy) is 4. The molecule has 2 aromatic heterocycles. The Bertz CT molecular complexity index is 1230. The minimum Gasteiger partial charge on any atom is -0.465 e. The number of aryl methyl sites for hydroxylation is 2. The van der Waals surface area contributed by atoms with E-state index in [1.807, 2.05) is 37.1 Å². The van der Waals surface area contributed by atoms with Gasteiger partial charge in [0, 0.05) is 49.7 Å². The second kappa shape index (κ2) is 18.7. The van der Waals surface area contributed by atoms with E-state index in [-0.39, 0.29) is 60.8 Å². The van der Waals surface area contributed by atoms with Crippen molar-refractivity contribution in [1.29, 1.82) is 0 Å². The van der Waals surface area contributed by atoms with E-state index in [1.54, 1.807) is 25.0 Å². The highest BCUT2D eigenvalue weighted by Crippen LogP contribution is 2.32. The summed E-state index contributed by atoms with van der Waals surface area (Å²) in [5.41, 5.74) is 1.95. The lowest BCUT2D eigenvalue weighted by Gasteiger charge is -2.25. The van der Waals surface area contributed by atoms with E-state index in [0.717, 1.165) is 49.9 Å². The summed E-state index contributed by atoms with van der Waals surface area (Å²) in [6.07, 6.45) is 15.9. The van der Waals surface area contributed by atoms with E-state index in [4.69, 9.17) is 18.9 Å². The molecule has 0 radical (unpaired) electrons. The van der Waals surface area contributed by atoms with Gasteiger partial charge < -0.3 is 28.1 Å². The van der Waals surface area contributed by atoms with Crippen LogP contribution in [-0.2, 0) is 65.1 Å². The van der Waals surface area contributed by atoms with Gasteiger partial charge in [0.15, 0.2) is 0 Å². The zero-order valence-corrected chi connectivity index (χ0v) is 29.1. The molecule has 12 heteroatoms. The Kier molecular flexibility index (Phi) is 14.5.